The van der Waals surface area contributed by atoms with Crippen molar-refractivity contribution in [1.29, 1.82) is 0 Å². The normalized spacial score (nSPS) is 10.2. The summed E-state index contributed by atoms with van der Waals surface area (Å²) in [5.74, 6) is 0.400. The third-order valence-electron chi connectivity index (χ3n) is 3.79. The van der Waals surface area contributed by atoms with Gasteiger partial charge in [0, 0.05) is 12.2 Å². The molecule has 27 heavy (non-hydrogen) atoms. The summed E-state index contributed by atoms with van der Waals surface area (Å²) in [6.45, 7) is 3.37. The number of rotatable bonds is 8. The fourth-order valence-corrected chi connectivity index (χ4v) is 2.87. The van der Waals surface area contributed by atoms with E-state index >= 15 is 0 Å². The molecule has 0 unspecified atom stereocenters. The second-order valence-electron chi connectivity index (χ2n) is 5.75. The molecule has 0 radical (unpaired) electrons. The number of aryl methyl sites for hydroxylation is 1. The smallest absolute Gasteiger partial charge is 0.339 e. The van der Waals surface area contributed by atoms with Crippen molar-refractivity contribution in [2.45, 2.75) is 19.8 Å². The summed E-state index contributed by atoms with van der Waals surface area (Å²) < 4.78 is 10.1. The van der Waals surface area contributed by atoms with Crippen LogP contribution in [0.3, 0.4) is 0 Å². The van der Waals surface area contributed by atoms with E-state index < -0.39 is 5.97 Å². The van der Waals surface area contributed by atoms with Crippen LogP contribution in [0.4, 0.5) is 5.69 Å². The van der Waals surface area contributed by atoms with Crippen molar-refractivity contribution in [2.75, 3.05) is 25.6 Å². The second-order valence-corrected chi connectivity index (χ2v) is 6.56. The van der Waals surface area contributed by atoms with Crippen LogP contribution in [0.5, 0.6) is 5.75 Å². The molecule has 0 spiro atoms. The van der Waals surface area contributed by atoms with E-state index in [0.29, 0.717) is 28.0 Å². The summed E-state index contributed by atoms with van der Waals surface area (Å²) >= 11 is 11.3. The number of anilines is 1. The highest BCUT2D eigenvalue weighted by Gasteiger charge is 2.11. The van der Waals surface area contributed by atoms with Crippen LogP contribution in [0.1, 0.15) is 29.3 Å². The monoisotopic (exact) mass is 406 g/mol. The van der Waals surface area contributed by atoms with Gasteiger partial charge in [0.05, 0.1) is 24.3 Å². The lowest BCUT2D eigenvalue weighted by Crippen LogP contribution is -2.29. The Morgan fingerprint density at radius 3 is 2.59 bits per heavy atom. The number of hydrogen-bond donors (Lipinski definition) is 2. The molecule has 0 saturated carbocycles. The zero-order valence-corrected chi connectivity index (χ0v) is 17.0. The first-order chi connectivity index (χ1) is 13.0. The maximum atomic E-state index is 11.7. The molecule has 2 aromatic rings. The molecule has 0 heterocycles. The van der Waals surface area contributed by atoms with Crippen molar-refractivity contribution < 1.29 is 14.3 Å². The van der Waals surface area contributed by atoms with Gasteiger partial charge in [0.1, 0.15) is 5.75 Å². The number of thiocarbonyl (C=S) groups is 1. The van der Waals surface area contributed by atoms with Gasteiger partial charge in [-0.25, -0.2) is 4.79 Å². The predicted molar refractivity (Wildman–Crippen MR) is 113 cm³/mol. The predicted octanol–water partition coefficient (Wildman–Crippen LogP) is 4.44. The molecule has 0 aromatic heterocycles. The zero-order chi connectivity index (χ0) is 19.6. The highest BCUT2D eigenvalue weighted by atomic mass is 35.5. The summed E-state index contributed by atoms with van der Waals surface area (Å²) in [6.07, 6.45) is 1.87. The number of nitrogens with one attached hydrogen (secondary N) is 2. The van der Waals surface area contributed by atoms with Crippen molar-refractivity contribution in [3.63, 3.8) is 0 Å². The number of ether oxygens (including phenoxy) is 2. The van der Waals surface area contributed by atoms with Gasteiger partial charge in [0.25, 0.3) is 0 Å². The van der Waals surface area contributed by atoms with Crippen LogP contribution in [0, 0.1) is 0 Å². The molecular weight excluding hydrogens is 384 g/mol. The molecule has 0 saturated heterocycles. The molecule has 0 fully saturated rings. The summed E-state index contributed by atoms with van der Waals surface area (Å²) in [7, 11) is 1.31. The van der Waals surface area contributed by atoms with Gasteiger partial charge < -0.3 is 20.1 Å². The molecule has 0 atom stereocenters. The molecule has 7 heteroatoms. The Morgan fingerprint density at radius 1 is 1.19 bits per heavy atom. The van der Waals surface area contributed by atoms with E-state index in [4.69, 9.17) is 33.3 Å². The lowest BCUT2D eigenvalue weighted by molar-refractivity contribution is 0.0601. The Bertz CT molecular complexity index is 781. The minimum Gasteiger partial charge on any atom is -0.494 e. The molecule has 0 aliphatic heterocycles. The fraction of sp³-hybridized carbons (Fsp3) is 0.300. The van der Waals surface area contributed by atoms with E-state index in [0.717, 1.165) is 25.1 Å². The molecular formula is C20H23ClN2O3S. The van der Waals surface area contributed by atoms with E-state index in [2.05, 4.69) is 22.8 Å². The largest absolute Gasteiger partial charge is 0.494 e. The Hall–Kier alpha value is -2.31. The average Bonchev–Trinajstić information content (AvgIpc) is 2.67. The van der Waals surface area contributed by atoms with Gasteiger partial charge in [-0.1, -0.05) is 23.7 Å². The third kappa shape index (κ3) is 6.73. The van der Waals surface area contributed by atoms with Crippen molar-refractivity contribution in [1.82, 2.24) is 5.32 Å². The Morgan fingerprint density at radius 2 is 1.93 bits per heavy atom. The Balaban J connectivity index is 1.77. The minimum absolute atomic E-state index is 0.294. The van der Waals surface area contributed by atoms with Gasteiger partial charge in [-0.2, -0.15) is 0 Å². The minimum atomic E-state index is -0.488. The first kappa shape index (κ1) is 21.0. The van der Waals surface area contributed by atoms with Crippen LogP contribution in [0.25, 0.3) is 0 Å². The first-order valence-corrected chi connectivity index (χ1v) is 9.46. The van der Waals surface area contributed by atoms with Gasteiger partial charge >= 0.3 is 5.97 Å². The molecule has 2 rings (SSSR count). The van der Waals surface area contributed by atoms with Gasteiger partial charge in [-0.15, -0.1) is 0 Å². The van der Waals surface area contributed by atoms with Gasteiger partial charge in [0.2, 0.25) is 0 Å². The molecule has 2 N–H and O–H groups in total. The maximum absolute atomic E-state index is 11.7. The van der Waals surface area contributed by atoms with Crippen molar-refractivity contribution in [3.05, 3.63) is 58.6 Å². The summed E-state index contributed by atoms with van der Waals surface area (Å²) in [5.41, 5.74) is 2.21. The number of methoxy groups -OCH3 is 1. The van der Waals surface area contributed by atoms with Gasteiger partial charge in [-0.05, 0) is 67.9 Å². The highest BCUT2D eigenvalue weighted by molar-refractivity contribution is 7.80. The highest BCUT2D eigenvalue weighted by Crippen LogP contribution is 2.21. The number of benzene rings is 2. The molecule has 144 valence electrons. The number of esters is 1. The van der Waals surface area contributed by atoms with E-state index in [9.17, 15) is 4.79 Å². The van der Waals surface area contributed by atoms with Crippen LogP contribution in [-0.4, -0.2) is 31.3 Å². The van der Waals surface area contributed by atoms with Gasteiger partial charge in [-0.3, -0.25) is 0 Å². The van der Waals surface area contributed by atoms with Crippen molar-refractivity contribution in [2.24, 2.45) is 0 Å². The molecule has 5 nitrogen and oxygen atoms in total. The van der Waals surface area contributed by atoms with Crippen LogP contribution in [0.2, 0.25) is 5.02 Å². The zero-order valence-electron chi connectivity index (χ0n) is 15.4. The first-order valence-electron chi connectivity index (χ1n) is 8.68. The SMILES string of the molecule is CCOc1ccc(CCCNC(=S)Nc2ccc(Cl)c(C(=O)OC)c2)cc1. The number of carbonyl (C=O) groups is 1. The molecule has 2 aromatic carbocycles. The van der Waals surface area contributed by atoms with E-state index in [1.807, 2.05) is 19.1 Å². The van der Waals surface area contributed by atoms with Crippen molar-refractivity contribution >= 4 is 40.6 Å². The summed E-state index contributed by atoms with van der Waals surface area (Å²) in [6, 6.07) is 13.1. The molecule has 0 aliphatic carbocycles. The topological polar surface area (TPSA) is 59.6 Å². The summed E-state index contributed by atoms with van der Waals surface area (Å²) in [5, 5.41) is 7.02. The number of halogens is 1. The van der Waals surface area contributed by atoms with Crippen LogP contribution >= 0.6 is 23.8 Å². The van der Waals surface area contributed by atoms with E-state index in [1.54, 1.807) is 18.2 Å². The molecule has 0 amide bonds. The Kier molecular flexibility index (Phi) is 8.36. The second kappa shape index (κ2) is 10.7. The molecule has 0 bridgehead atoms. The lowest BCUT2D eigenvalue weighted by atomic mass is 10.1. The summed E-state index contributed by atoms with van der Waals surface area (Å²) in [4.78, 5) is 11.7. The van der Waals surface area contributed by atoms with Crippen LogP contribution in [0.15, 0.2) is 42.5 Å². The lowest BCUT2D eigenvalue weighted by Gasteiger charge is -2.12. The van der Waals surface area contributed by atoms with Crippen LogP contribution < -0.4 is 15.4 Å². The number of carbonyl (C=O) groups excluding carboxylic acids is 1. The van der Waals surface area contributed by atoms with E-state index in [-0.39, 0.29) is 0 Å². The molecule has 0 aliphatic rings. The van der Waals surface area contributed by atoms with Crippen molar-refractivity contribution in [3.8, 4) is 5.75 Å². The third-order valence-corrected chi connectivity index (χ3v) is 4.37. The van der Waals surface area contributed by atoms with Crippen LogP contribution in [-0.2, 0) is 11.2 Å². The quantitative estimate of drug-likeness (QED) is 0.384. The standard InChI is InChI=1S/C20H23ClN2O3S/c1-3-26-16-9-6-14(7-10-16)5-4-12-22-20(27)23-15-8-11-18(21)17(13-15)19(24)25-2/h6-11,13H,3-5,12H2,1-2H3,(H2,22,23,27). The van der Waals surface area contributed by atoms with E-state index in [1.165, 1.54) is 12.7 Å². The average molecular weight is 407 g/mol. The fourth-order valence-electron chi connectivity index (χ4n) is 2.46. The Labute approximate surface area is 170 Å². The maximum Gasteiger partial charge on any atom is 0.339 e. The van der Waals surface area contributed by atoms with Gasteiger partial charge in [0.15, 0.2) is 5.11 Å². The number of hydrogen-bond acceptors (Lipinski definition) is 4.